The Hall–Kier alpha value is -2.45. The summed E-state index contributed by atoms with van der Waals surface area (Å²) in [6.45, 7) is -0.582. The highest BCUT2D eigenvalue weighted by Crippen LogP contribution is 2.18. The molecule has 2 nitrogen and oxygen atoms in total. The second-order valence-electron chi connectivity index (χ2n) is 4.13. The van der Waals surface area contributed by atoms with Crippen LogP contribution in [0.25, 0.3) is 0 Å². The third kappa shape index (κ3) is 4.01. The summed E-state index contributed by atoms with van der Waals surface area (Å²) < 4.78 is 45.3. The molecule has 0 amide bonds. The fourth-order valence-electron chi connectivity index (χ4n) is 1.64. The maximum Gasteiger partial charge on any atom is 0.142 e. The molecule has 5 heteroatoms. The van der Waals surface area contributed by atoms with Gasteiger partial charge in [0.1, 0.15) is 36.4 Å². The summed E-state index contributed by atoms with van der Waals surface area (Å²) in [7, 11) is 0. The Morgan fingerprint density at radius 3 is 2.52 bits per heavy atom. The van der Waals surface area contributed by atoms with E-state index in [-0.39, 0.29) is 30.1 Å². The Labute approximate surface area is 119 Å². The summed E-state index contributed by atoms with van der Waals surface area (Å²) in [5.74, 6) is 3.16. The van der Waals surface area contributed by atoms with Crippen LogP contribution >= 0.6 is 0 Å². The van der Waals surface area contributed by atoms with Gasteiger partial charge in [0.05, 0.1) is 5.56 Å². The molecule has 1 N–H and O–H groups in total. The lowest BCUT2D eigenvalue weighted by Crippen LogP contribution is -2.00. The summed E-state index contributed by atoms with van der Waals surface area (Å²) >= 11 is 0. The molecule has 2 aromatic rings. The van der Waals surface area contributed by atoms with Crippen molar-refractivity contribution in [1.82, 2.24) is 0 Å². The predicted octanol–water partition coefficient (Wildman–Crippen LogP) is 3.03. The second kappa shape index (κ2) is 6.82. The third-order valence-corrected chi connectivity index (χ3v) is 2.64. The SMILES string of the molecule is OCC#Cc1ccc(OCc2cc(F)ccc2F)cc1F. The van der Waals surface area contributed by atoms with Crippen LogP contribution in [0.1, 0.15) is 11.1 Å². The van der Waals surface area contributed by atoms with Gasteiger partial charge in [0.2, 0.25) is 0 Å². The van der Waals surface area contributed by atoms with Gasteiger partial charge in [-0.2, -0.15) is 0 Å². The molecule has 0 bridgehead atoms. The second-order valence-corrected chi connectivity index (χ2v) is 4.13. The van der Waals surface area contributed by atoms with Crippen LogP contribution in [0.2, 0.25) is 0 Å². The minimum Gasteiger partial charge on any atom is -0.489 e. The molecule has 0 atom stereocenters. The maximum atomic E-state index is 13.6. The molecule has 0 aliphatic rings. The molecule has 108 valence electrons. The van der Waals surface area contributed by atoms with E-state index in [1.807, 2.05) is 0 Å². The van der Waals surface area contributed by atoms with Crippen LogP contribution in [0.3, 0.4) is 0 Å². The van der Waals surface area contributed by atoms with Gasteiger partial charge in [-0.25, -0.2) is 13.2 Å². The summed E-state index contributed by atoms with van der Waals surface area (Å²) in [5, 5.41) is 8.54. The average molecular weight is 292 g/mol. The topological polar surface area (TPSA) is 29.5 Å². The standard InChI is InChI=1S/C16H11F3O2/c17-13-4-6-15(18)12(8-13)10-21-14-5-3-11(2-1-7-20)16(19)9-14/h3-6,8-9,20H,7,10H2. The Morgan fingerprint density at radius 1 is 1.00 bits per heavy atom. The first kappa shape index (κ1) is 14.9. The van der Waals surface area contributed by atoms with E-state index in [0.717, 1.165) is 24.3 Å². The molecule has 0 radical (unpaired) electrons. The Kier molecular flexibility index (Phi) is 4.85. The van der Waals surface area contributed by atoms with Crippen molar-refractivity contribution < 1.29 is 23.0 Å². The fourth-order valence-corrected chi connectivity index (χ4v) is 1.64. The van der Waals surface area contributed by atoms with Crippen LogP contribution in [-0.4, -0.2) is 11.7 Å². The highest BCUT2D eigenvalue weighted by atomic mass is 19.1. The van der Waals surface area contributed by atoms with Gasteiger partial charge in [-0.15, -0.1) is 0 Å². The number of hydrogen-bond acceptors (Lipinski definition) is 2. The van der Waals surface area contributed by atoms with Crippen molar-refractivity contribution in [3.63, 3.8) is 0 Å². The third-order valence-electron chi connectivity index (χ3n) is 2.64. The number of aliphatic hydroxyl groups is 1. The average Bonchev–Trinajstić information content (AvgIpc) is 2.47. The first-order valence-electron chi connectivity index (χ1n) is 6.06. The van der Waals surface area contributed by atoms with Crippen molar-refractivity contribution in [2.24, 2.45) is 0 Å². The molecule has 2 rings (SSSR count). The lowest BCUT2D eigenvalue weighted by molar-refractivity contribution is 0.297. The van der Waals surface area contributed by atoms with Crippen molar-refractivity contribution in [3.8, 4) is 17.6 Å². The van der Waals surface area contributed by atoms with E-state index in [4.69, 9.17) is 9.84 Å². The smallest absolute Gasteiger partial charge is 0.142 e. The molecule has 0 saturated heterocycles. The largest absolute Gasteiger partial charge is 0.489 e. The number of rotatable bonds is 3. The quantitative estimate of drug-likeness (QED) is 0.881. The van der Waals surface area contributed by atoms with Crippen LogP contribution in [0.4, 0.5) is 13.2 Å². The van der Waals surface area contributed by atoms with Gasteiger partial charge >= 0.3 is 0 Å². The summed E-state index contributed by atoms with van der Waals surface area (Å²) in [4.78, 5) is 0. The minimum atomic E-state index is -0.617. The minimum absolute atomic E-state index is 0.0413. The molecule has 0 saturated carbocycles. The fraction of sp³-hybridized carbons (Fsp3) is 0.125. The van der Waals surface area contributed by atoms with Gasteiger partial charge in [0, 0.05) is 11.6 Å². The molecule has 0 aromatic heterocycles. The highest BCUT2D eigenvalue weighted by molar-refractivity contribution is 5.39. The lowest BCUT2D eigenvalue weighted by atomic mass is 10.2. The molecule has 21 heavy (non-hydrogen) atoms. The van der Waals surface area contributed by atoms with Crippen molar-refractivity contribution >= 4 is 0 Å². The van der Waals surface area contributed by atoms with E-state index in [1.54, 1.807) is 0 Å². The lowest BCUT2D eigenvalue weighted by Gasteiger charge is -2.08. The zero-order chi connectivity index (χ0) is 15.2. The van der Waals surface area contributed by atoms with Crippen molar-refractivity contribution in [2.45, 2.75) is 6.61 Å². The number of aliphatic hydroxyl groups excluding tert-OH is 1. The van der Waals surface area contributed by atoms with Crippen molar-refractivity contribution in [2.75, 3.05) is 6.61 Å². The summed E-state index contributed by atoms with van der Waals surface area (Å²) in [6.07, 6.45) is 0. The van der Waals surface area contributed by atoms with Gasteiger partial charge < -0.3 is 9.84 Å². The first-order chi connectivity index (χ1) is 10.1. The van der Waals surface area contributed by atoms with Gasteiger partial charge in [-0.1, -0.05) is 11.8 Å². The van der Waals surface area contributed by atoms with E-state index >= 15 is 0 Å². The van der Waals surface area contributed by atoms with Gasteiger partial charge in [-0.3, -0.25) is 0 Å². The molecular weight excluding hydrogens is 281 g/mol. The maximum absolute atomic E-state index is 13.6. The van der Waals surface area contributed by atoms with E-state index in [9.17, 15) is 13.2 Å². The van der Waals surface area contributed by atoms with Gasteiger partial charge in [0.15, 0.2) is 0 Å². The van der Waals surface area contributed by atoms with Crippen LogP contribution in [-0.2, 0) is 6.61 Å². The predicted molar refractivity (Wildman–Crippen MR) is 71.1 cm³/mol. The molecule has 0 unspecified atom stereocenters. The monoisotopic (exact) mass is 292 g/mol. The zero-order valence-electron chi connectivity index (χ0n) is 10.9. The Bertz CT molecular complexity index is 702. The van der Waals surface area contributed by atoms with Crippen LogP contribution in [0.5, 0.6) is 5.75 Å². The Morgan fingerprint density at radius 2 is 1.81 bits per heavy atom. The highest BCUT2D eigenvalue weighted by Gasteiger charge is 2.06. The van der Waals surface area contributed by atoms with Crippen molar-refractivity contribution in [3.05, 3.63) is 65.0 Å². The molecule has 0 aliphatic heterocycles. The molecule has 0 heterocycles. The van der Waals surface area contributed by atoms with Crippen LogP contribution < -0.4 is 4.74 Å². The summed E-state index contributed by atoms with van der Waals surface area (Å²) in [6, 6.07) is 6.97. The van der Waals surface area contributed by atoms with Crippen molar-refractivity contribution in [1.29, 1.82) is 0 Å². The van der Waals surface area contributed by atoms with E-state index in [1.165, 1.54) is 12.1 Å². The van der Waals surface area contributed by atoms with E-state index in [2.05, 4.69) is 11.8 Å². The number of halogens is 3. The normalized spacial score (nSPS) is 9.90. The zero-order valence-corrected chi connectivity index (χ0v) is 10.9. The van der Waals surface area contributed by atoms with E-state index in [0.29, 0.717) is 0 Å². The van der Waals surface area contributed by atoms with Gasteiger partial charge in [-0.05, 0) is 30.3 Å². The first-order valence-corrected chi connectivity index (χ1v) is 6.06. The summed E-state index contributed by atoms with van der Waals surface area (Å²) in [5.41, 5.74) is 0.160. The molecule has 2 aromatic carbocycles. The molecule has 0 spiro atoms. The number of ether oxygens (including phenoxy) is 1. The number of hydrogen-bond donors (Lipinski definition) is 1. The van der Waals surface area contributed by atoms with Crippen LogP contribution in [0, 0.1) is 29.3 Å². The molecule has 0 aliphatic carbocycles. The van der Waals surface area contributed by atoms with Gasteiger partial charge in [0.25, 0.3) is 0 Å². The number of benzene rings is 2. The molecule has 0 fully saturated rings. The van der Waals surface area contributed by atoms with E-state index < -0.39 is 17.5 Å². The Balaban J connectivity index is 2.10. The van der Waals surface area contributed by atoms with Crippen LogP contribution in [0.15, 0.2) is 36.4 Å². The molecular formula is C16H11F3O2.